The van der Waals surface area contributed by atoms with E-state index in [9.17, 15) is 18.0 Å². The molecule has 0 spiro atoms. The van der Waals surface area contributed by atoms with Gasteiger partial charge in [0.25, 0.3) is 0 Å². The van der Waals surface area contributed by atoms with Gasteiger partial charge in [0.15, 0.2) is 0 Å². The third-order valence-electron chi connectivity index (χ3n) is 1.68. The van der Waals surface area contributed by atoms with Crippen molar-refractivity contribution in [2.24, 2.45) is 0 Å². The lowest BCUT2D eigenvalue weighted by atomic mass is 10.1. The topological polar surface area (TPSA) is 63.3 Å². The van der Waals surface area contributed by atoms with Gasteiger partial charge in [-0.2, -0.15) is 13.2 Å². The van der Waals surface area contributed by atoms with E-state index in [0.29, 0.717) is 6.07 Å². The lowest BCUT2D eigenvalue weighted by Crippen LogP contribution is -2.11. The summed E-state index contributed by atoms with van der Waals surface area (Å²) in [5.41, 5.74) is 2.62. The van der Waals surface area contributed by atoms with Crippen LogP contribution in [-0.4, -0.2) is 11.1 Å². The van der Waals surface area contributed by atoms with E-state index in [1.165, 1.54) is 0 Å². The Labute approximate surface area is 99.4 Å². The average molecular weight is 276 g/mol. The SMILES string of the molecule is Cl.Nc1c(Cl)cc(C(=O)O)cc1C(F)(F)F. The maximum absolute atomic E-state index is 12.3. The molecule has 3 N–H and O–H groups in total. The number of halogens is 5. The second kappa shape index (κ2) is 4.80. The van der Waals surface area contributed by atoms with Crippen LogP contribution in [0, 0.1) is 0 Å². The first kappa shape index (κ1) is 14.9. The van der Waals surface area contributed by atoms with Crippen molar-refractivity contribution in [2.75, 3.05) is 5.73 Å². The van der Waals surface area contributed by atoms with Crippen molar-refractivity contribution in [3.05, 3.63) is 28.3 Å². The summed E-state index contributed by atoms with van der Waals surface area (Å²) in [6.45, 7) is 0. The van der Waals surface area contributed by atoms with Gasteiger partial charge in [-0.15, -0.1) is 12.4 Å². The zero-order valence-electron chi connectivity index (χ0n) is 7.51. The third kappa shape index (κ3) is 2.93. The predicted molar refractivity (Wildman–Crippen MR) is 55.1 cm³/mol. The zero-order chi connectivity index (χ0) is 11.8. The number of carbonyl (C=O) groups is 1. The van der Waals surface area contributed by atoms with Gasteiger partial charge >= 0.3 is 12.1 Å². The summed E-state index contributed by atoms with van der Waals surface area (Å²) >= 11 is 5.38. The highest BCUT2D eigenvalue weighted by molar-refractivity contribution is 6.33. The summed E-state index contributed by atoms with van der Waals surface area (Å²) < 4.78 is 37.0. The minimum Gasteiger partial charge on any atom is -0.478 e. The van der Waals surface area contributed by atoms with Gasteiger partial charge in [0, 0.05) is 0 Å². The minimum atomic E-state index is -4.72. The first-order valence-electron chi connectivity index (χ1n) is 3.63. The van der Waals surface area contributed by atoms with Crippen LogP contribution in [0.5, 0.6) is 0 Å². The molecule has 0 atom stereocenters. The van der Waals surface area contributed by atoms with Gasteiger partial charge in [0.05, 0.1) is 21.8 Å². The van der Waals surface area contributed by atoms with E-state index in [0.717, 1.165) is 6.07 Å². The molecule has 0 amide bonds. The number of nitrogens with two attached hydrogens (primary N) is 1. The number of aromatic carboxylic acids is 1. The molecule has 0 fully saturated rings. The number of hydrogen-bond acceptors (Lipinski definition) is 2. The Morgan fingerprint density at radius 1 is 1.38 bits per heavy atom. The molecule has 1 aromatic carbocycles. The summed E-state index contributed by atoms with van der Waals surface area (Å²) in [4.78, 5) is 10.5. The first-order valence-corrected chi connectivity index (χ1v) is 4.01. The molecule has 1 rings (SSSR count). The fourth-order valence-electron chi connectivity index (χ4n) is 0.976. The number of hydrogen-bond donors (Lipinski definition) is 2. The Bertz CT molecular complexity index is 420. The Morgan fingerprint density at radius 2 is 1.88 bits per heavy atom. The molecule has 0 aliphatic rings. The van der Waals surface area contributed by atoms with Gasteiger partial charge in [0.1, 0.15) is 0 Å². The maximum atomic E-state index is 12.3. The Morgan fingerprint density at radius 3 is 2.25 bits per heavy atom. The molecule has 0 saturated heterocycles. The van der Waals surface area contributed by atoms with Crippen LogP contribution < -0.4 is 5.73 Å². The largest absolute Gasteiger partial charge is 0.478 e. The van der Waals surface area contributed by atoms with Crippen molar-refractivity contribution in [3.63, 3.8) is 0 Å². The normalized spacial score (nSPS) is 10.8. The second-order valence-corrected chi connectivity index (χ2v) is 3.13. The molecule has 0 bridgehead atoms. The molecule has 0 heterocycles. The number of alkyl halides is 3. The number of anilines is 1. The lowest BCUT2D eigenvalue weighted by molar-refractivity contribution is -0.136. The predicted octanol–water partition coefficient (Wildman–Crippen LogP) is 3.06. The molecule has 0 aliphatic heterocycles. The van der Waals surface area contributed by atoms with E-state index < -0.39 is 34.0 Å². The van der Waals surface area contributed by atoms with Gasteiger partial charge in [-0.1, -0.05) is 11.6 Å². The Kier molecular flexibility index (Phi) is 4.45. The summed E-state index contributed by atoms with van der Waals surface area (Å²) in [6, 6.07) is 1.32. The second-order valence-electron chi connectivity index (χ2n) is 2.72. The zero-order valence-corrected chi connectivity index (χ0v) is 9.08. The molecule has 0 aliphatic carbocycles. The lowest BCUT2D eigenvalue weighted by Gasteiger charge is -2.11. The van der Waals surface area contributed by atoms with Crippen molar-refractivity contribution in [2.45, 2.75) is 6.18 Å². The molecular formula is C8H6Cl2F3NO2. The van der Waals surface area contributed by atoms with Crippen LogP contribution in [0.15, 0.2) is 12.1 Å². The third-order valence-corrected chi connectivity index (χ3v) is 1.99. The number of carboxylic acids is 1. The smallest absolute Gasteiger partial charge is 0.418 e. The number of benzene rings is 1. The van der Waals surface area contributed by atoms with Crippen molar-refractivity contribution in [1.82, 2.24) is 0 Å². The van der Waals surface area contributed by atoms with Crippen molar-refractivity contribution in [1.29, 1.82) is 0 Å². The number of carboxylic acid groups (broad SMARTS) is 1. The molecule has 8 heteroatoms. The molecule has 0 radical (unpaired) electrons. The van der Waals surface area contributed by atoms with Gasteiger partial charge in [-0.25, -0.2) is 4.79 Å². The molecule has 0 unspecified atom stereocenters. The standard InChI is InChI=1S/C8H5ClF3NO2.ClH/c9-5-2-3(7(14)15)1-4(6(5)13)8(10,11)12;/h1-2H,13H2,(H,14,15);1H. The Hall–Kier alpha value is -1.14. The quantitative estimate of drug-likeness (QED) is 0.775. The summed E-state index contributed by atoms with van der Waals surface area (Å²) in [5.74, 6) is -1.50. The van der Waals surface area contributed by atoms with E-state index in [1.807, 2.05) is 0 Å². The van der Waals surface area contributed by atoms with E-state index >= 15 is 0 Å². The molecule has 0 saturated carbocycles. The van der Waals surface area contributed by atoms with Crippen LogP contribution in [0.25, 0.3) is 0 Å². The molecule has 0 aromatic heterocycles. The summed E-state index contributed by atoms with van der Waals surface area (Å²) in [6.07, 6.45) is -4.72. The van der Waals surface area contributed by atoms with E-state index in [2.05, 4.69) is 0 Å². The van der Waals surface area contributed by atoms with Crippen LogP contribution in [0.4, 0.5) is 18.9 Å². The number of nitrogen functional groups attached to an aromatic ring is 1. The van der Waals surface area contributed by atoms with Gasteiger partial charge in [-0.05, 0) is 12.1 Å². The van der Waals surface area contributed by atoms with Crippen LogP contribution in [0.1, 0.15) is 15.9 Å². The van der Waals surface area contributed by atoms with Crippen LogP contribution in [-0.2, 0) is 6.18 Å². The van der Waals surface area contributed by atoms with E-state index in [4.69, 9.17) is 22.4 Å². The highest BCUT2D eigenvalue weighted by atomic mass is 35.5. The molecular weight excluding hydrogens is 270 g/mol. The average Bonchev–Trinajstić information content (AvgIpc) is 2.06. The maximum Gasteiger partial charge on any atom is 0.418 e. The molecule has 3 nitrogen and oxygen atoms in total. The highest BCUT2D eigenvalue weighted by Gasteiger charge is 2.34. The van der Waals surface area contributed by atoms with Gasteiger partial charge < -0.3 is 10.8 Å². The molecule has 1 aromatic rings. The van der Waals surface area contributed by atoms with Crippen molar-refractivity contribution < 1.29 is 23.1 Å². The van der Waals surface area contributed by atoms with Gasteiger partial charge in [-0.3, -0.25) is 0 Å². The fraction of sp³-hybridized carbons (Fsp3) is 0.125. The van der Waals surface area contributed by atoms with Gasteiger partial charge in [0.2, 0.25) is 0 Å². The molecule has 90 valence electrons. The van der Waals surface area contributed by atoms with Crippen molar-refractivity contribution >= 4 is 35.7 Å². The first-order chi connectivity index (χ1) is 6.73. The molecule has 16 heavy (non-hydrogen) atoms. The summed E-state index contributed by atoms with van der Waals surface area (Å²) in [5, 5.41) is 8.10. The van der Waals surface area contributed by atoms with Crippen LogP contribution >= 0.6 is 24.0 Å². The fourth-order valence-corrected chi connectivity index (χ4v) is 1.20. The highest BCUT2D eigenvalue weighted by Crippen LogP contribution is 2.37. The van der Waals surface area contributed by atoms with E-state index in [-0.39, 0.29) is 12.4 Å². The van der Waals surface area contributed by atoms with Crippen LogP contribution in [0.3, 0.4) is 0 Å². The minimum absolute atomic E-state index is 0. The van der Waals surface area contributed by atoms with Crippen LogP contribution in [0.2, 0.25) is 5.02 Å². The Balaban J connectivity index is 0.00000225. The monoisotopic (exact) mass is 275 g/mol. The van der Waals surface area contributed by atoms with E-state index in [1.54, 1.807) is 0 Å². The van der Waals surface area contributed by atoms with Crippen molar-refractivity contribution in [3.8, 4) is 0 Å². The number of rotatable bonds is 1. The summed E-state index contributed by atoms with van der Waals surface area (Å²) in [7, 11) is 0.